The second-order valence-electron chi connectivity index (χ2n) is 6.16. The summed E-state index contributed by atoms with van der Waals surface area (Å²) in [6.07, 6.45) is 2.77. The summed E-state index contributed by atoms with van der Waals surface area (Å²) in [7, 11) is 0. The van der Waals surface area contributed by atoms with Gasteiger partial charge in [0.2, 0.25) is 0 Å². The van der Waals surface area contributed by atoms with Crippen molar-refractivity contribution in [2.45, 2.75) is 36.3 Å². The molecule has 134 valence electrons. The topological polar surface area (TPSA) is 50.2 Å². The van der Waals surface area contributed by atoms with Crippen LogP contribution in [0.25, 0.3) is 22.0 Å². The first-order valence-electron chi connectivity index (χ1n) is 8.56. The molecule has 0 radical (unpaired) electrons. The third-order valence-electron chi connectivity index (χ3n) is 4.72. The molecule has 0 aliphatic rings. The van der Waals surface area contributed by atoms with E-state index in [1.54, 1.807) is 18.3 Å². The summed E-state index contributed by atoms with van der Waals surface area (Å²) in [6.45, 7) is 3.80. The first-order chi connectivity index (χ1) is 12.5. The second-order valence-corrected chi connectivity index (χ2v) is 7.58. The molecule has 3 nitrogen and oxygen atoms in total. The molecule has 0 atom stereocenters. The molecular weight excluding hydrogens is 349 g/mol. The molecule has 0 saturated heterocycles. The Hall–Kier alpha value is -2.40. The van der Waals surface area contributed by atoms with Crippen LogP contribution in [-0.4, -0.2) is 20.8 Å². The summed E-state index contributed by atoms with van der Waals surface area (Å²) in [4.78, 5) is 17.2. The molecule has 26 heavy (non-hydrogen) atoms. The summed E-state index contributed by atoms with van der Waals surface area (Å²) in [5, 5.41) is 10.7. The Morgan fingerprint density at radius 2 is 1.73 bits per heavy atom. The van der Waals surface area contributed by atoms with Crippen LogP contribution in [0.15, 0.2) is 59.6 Å². The summed E-state index contributed by atoms with van der Waals surface area (Å²) >= 11 is 1.38. The highest BCUT2D eigenvalue weighted by atomic mass is 32.2. The molecule has 0 spiro atoms. The zero-order chi connectivity index (χ0) is 18.7. The van der Waals surface area contributed by atoms with Crippen LogP contribution in [0, 0.1) is 5.82 Å². The summed E-state index contributed by atoms with van der Waals surface area (Å²) in [5.41, 5.74) is 2.66. The highest BCUT2D eigenvalue weighted by Crippen LogP contribution is 2.42. The van der Waals surface area contributed by atoms with Crippen LogP contribution in [0.5, 0.6) is 0 Å². The zero-order valence-corrected chi connectivity index (χ0v) is 15.5. The molecule has 0 aliphatic heterocycles. The number of halogens is 1. The SMILES string of the molecule is CCC(CC)(Sc1ccnc2ccc(-c3ccc(F)cc3)cc12)C(=O)O. The predicted octanol–water partition coefficient (Wildman–Crippen LogP) is 5.78. The van der Waals surface area contributed by atoms with Gasteiger partial charge >= 0.3 is 5.97 Å². The van der Waals surface area contributed by atoms with Gasteiger partial charge in [0, 0.05) is 16.5 Å². The van der Waals surface area contributed by atoms with Crippen molar-refractivity contribution < 1.29 is 14.3 Å². The average molecular weight is 369 g/mol. The van der Waals surface area contributed by atoms with E-state index in [9.17, 15) is 14.3 Å². The predicted molar refractivity (Wildman–Crippen MR) is 104 cm³/mol. The van der Waals surface area contributed by atoms with Crippen LogP contribution in [-0.2, 0) is 4.79 Å². The van der Waals surface area contributed by atoms with Gasteiger partial charge in [0.05, 0.1) is 5.52 Å². The lowest BCUT2D eigenvalue weighted by molar-refractivity contribution is -0.140. The number of carbonyl (C=O) groups is 1. The van der Waals surface area contributed by atoms with Gasteiger partial charge < -0.3 is 5.11 Å². The van der Waals surface area contributed by atoms with E-state index in [0.717, 1.165) is 26.9 Å². The van der Waals surface area contributed by atoms with Crippen LogP contribution in [0.3, 0.4) is 0 Å². The van der Waals surface area contributed by atoms with Gasteiger partial charge in [-0.25, -0.2) is 4.39 Å². The van der Waals surface area contributed by atoms with Crippen molar-refractivity contribution in [3.8, 4) is 11.1 Å². The molecule has 0 bridgehead atoms. The fraction of sp³-hybridized carbons (Fsp3) is 0.238. The smallest absolute Gasteiger partial charge is 0.320 e. The van der Waals surface area contributed by atoms with E-state index in [-0.39, 0.29) is 5.82 Å². The van der Waals surface area contributed by atoms with Gasteiger partial charge in [-0.3, -0.25) is 9.78 Å². The number of pyridine rings is 1. The van der Waals surface area contributed by atoms with E-state index in [4.69, 9.17) is 0 Å². The lowest BCUT2D eigenvalue weighted by atomic mass is 10.0. The third kappa shape index (κ3) is 3.44. The van der Waals surface area contributed by atoms with Gasteiger partial charge in [0.1, 0.15) is 10.6 Å². The molecular formula is C21H20FNO2S. The highest BCUT2D eigenvalue weighted by molar-refractivity contribution is 8.01. The Labute approximate surface area is 156 Å². The molecule has 0 unspecified atom stereocenters. The molecule has 0 amide bonds. The number of hydrogen-bond donors (Lipinski definition) is 1. The standard InChI is InChI=1S/C21H20FNO2S/c1-3-21(4-2,20(24)25)26-19-11-12-23-18-10-7-15(13-17(18)19)14-5-8-16(22)9-6-14/h5-13H,3-4H2,1-2H3,(H,24,25). The minimum absolute atomic E-state index is 0.274. The number of aliphatic carboxylic acids is 1. The van der Waals surface area contributed by atoms with E-state index in [0.29, 0.717) is 12.8 Å². The Morgan fingerprint density at radius 1 is 1.08 bits per heavy atom. The van der Waals surface area contributed by atoms with Crippen LogP contribution >= 0.6 is 11.8 Å². The third-order valence-corrected chi connectivity index (χ3v) is 6.44. The minimum Gasteiger partial charge on any atom is -0.480 e. The van der Waals surface area contributed by atoms with Crippen molar-refractivity contribution in [3.63, 3.8) is 0 Å². The van der Waals surface area contributed by atoms with Gasteiger partial charge in [-0.05, 0) is 54.3 Å². The van der Waals surface area contributed by atoms with E-state index < -0.39 is 10.7 Å². The summed E-state index contributed by atoms with van der Waals surface area (Å²) < 4.78 is 12.3. The molecule has 0 saturated carbocycles. The number of fused-ring (bicyclic) bond motifs is 1. The Morgan fingerprint density at radius 3 is 2.35 bits per heavy atom. The fourth-order valence-electron chi connectivity index (χ4n) is 2.98. The molecule has 0 aliphatic carbocycles. The van der Waals surface area contributed by atoms with E-state index >= 15 is 0 Å². The van der Waals surface area contributed by atoms with Gasteiger partial charge in [-0.2, -0.15) is 0 Å². The molecule has 5 heteroatoms. The Balaban J connectivity index is 2.10. The lowest BCUT2D eigenvalue weighted by Crippen LogP contribution is -2.33. The Bertz CT molecular complexity index is 936. The van der Waals surface area contributed by atoms with Crippen LogP contribution in [0.2, 0.25) is 0 Å². The highest BCUT2D eigenvalue weighted by Gasteiger charge is 2.36. The number of carboxylic acids is 1. The molecule has 1 aromatic heterocycles. The van der Waals surface area contributed by atoms with Crippen LogP contribution < -0.4 is 0 Å². The van der Waals surface area contributed by atoms with Crippen molar-refractivity contribution in [2.24, 2.45) is 0 Å². The van der Waals surface area contributed by atoms with Crippen molar-refractivity contribution >= 4 is 28.6 Å². The number of aromatic nitrogens is 1. The summed E-state index contributed by atoms with van der Waals surface area (Å²) in [5.74, 6) is -1.07. The maximum absolute atomic E-state index is 13.2. The van der Waals surface area contributed by atoms with Gasteiger partial charge in [0.15, 0.2) is 0 Å². The molecule has 1 N–H and O–H groups in total. The number of nitrogens with zero attached hydrogens (tertiary/aromatic N) is 1. The summed E-state index contributed by atoms with van der Waals surface area (Å²) in [6, 6.07) is 14.1. The van der Waals surface area contributed by atoms with Crippen molar-refractivity contribution in [1.82, 2.24) is 4.98 Å². The second kappa shape index (κ2) is 7.46. The van der Waals surface area contributed by atoms with Crippen LogP contribution in [0.1, 0.15) is 26.7 Å². The van der Waals surface area contributed by atoms with Gasteiger partial charge in [0.25, 0.3) is 0 Å². The maximum Gasteiger partial charge on any atom is 0.320 e. The average Bonchev–Trinajstić information content (AvgIpc) is 2.66. The first-order valence-corrected chi connectivity index (χ1v) is 9.38. The number of rotatable bonds is 6. The van der Waals surface area contributed by atoms with Crippen molar-refractivity contribution in [2.75, 3.05) is 0 Å². The van der Waals surface area contributed by atoms with Gasteiger partial charge in [-0.1, -0.05) is 32.0 Å². The number of thioether (sulfide) groups is 1. The lowest BCUT2D eigenvalue weighted by Gasteiger charge is -2.26. The fourth-order valence-corrected chi connectivity index (χ4v) is 4.18. The van der Waals surface area contributed by atoms with E-state index in [1.165, 1.54) is 23.9 Å². The number of hydrogen-bond acceptors (Lipinski definition) is 3. The van der Waals surface area contributed by atoms with Crippen molar-refractivity contribution in [1.29, 1.82) is 0 Å². The van der Waals surface area contributed by atoms with E-state index in [1.807, 2.05) is 38.1 Å². The van der Waals surface area contributed by atoms with Crippen molar-refractivity contribution in [3.05, 3.63) is 60.5 Å². The molecule has 0 fully saturated rings. The number of carboxylic acid groups (broad SMARTS) is 1. The minimum atomic E-state index is -0.861. The zero-order valence-electron chi connectivity index (χ0n) is 14.7. The van der Waals surface area contributed by atoms with Gasteiger partial charge in [-0.15, -0.1) is 11.8 Å². The van der Waals surface area contributed by atoms with Crippen LogP contribution in [0.4, 0.5) is 4.39 Å². The molecule has 3 rings (SSSR count). The molecule has 1 heterocycles. The normalized spacial score (nSPS) is 11.7. The largest absolute Gasteiger partial charge is 0.480 e. The van der Waals surface area contributed by atoms with E-state index in [2.05, 4.69) is 4.98 Å². The quantitative estimate of drug-likeness (QED) is 0.560. The first kappa shape index (κ1) is 18.4. The monoisotopic (exact) mass is 369 g/mol. The maximum atomic E-state index is 13.2. The number of benzene rings is 2. The Kier molecular flexibility index (Phi) is 5.28. The molecule has 2 aromatic carbocycles. The molecule has 3 aromatic rings.